The average Bonchev–Trinajstić information content (AvgIpc) is 2.27. The molecule has 2 rings (SSSR count). The van der Waals surface area contributed by atoms with Crippen molar-refractivity contribution in [3.8, 4) is 12.3 Å². The van der Waals surface area contributed by atoms with Crippen LogP contribution in [-0.2, 0) is 4.79 Å². The molecular weight excluding hydrogens is 219 g/mol. The number of anilines is 2. The van der Waals surface area contributed by atoms with Gasteiger partial charge >= 0.3 is 0 Å². The van der Waals surface area contributed by atoms with Gasteiger partial charge in [0.15, 0.2) is 0 Å². The first-order valence-corrected chi connectivity index (χ1v) is 5.29. The Bertz CT molecular complexity index is 519. The summed E-state index contributed by atoms with van der Waals surface area (Å²) < 4.78 is 13.5. The SMILES string of the molecule is C#CCN1C(=O)CN(C)c2cc(F)c(C)cc21. The Morgan fingerprint density at radius 1 is 1.47 bits per heavy atom. The average molecular weight is 232 g/mol. The van der Waals surface area contributed by atoms with Gasteiger partial charge in [-0.3, -0.25) is 9.69 Å². The van der Waals surface area contributed by atoms with Crippen LogP contribution in [0.1, 0.15) is 5.56 Å². The number of amides is 1. The molecule has 0 unspecified atom stereocenters. The minimum absolute atomic E-state index is 0.0658. The number of aryl methyl sites for hydroxylation is 1. The molecule has 1 aromatic carbocycles. The Labute approximate surface area is 99.8 Å². The molecule has 0 saturated carbocycles. The lowest BCUT2D eigenvalue weighted by Gasteiger charge is -2.34. The van der Waals surface area contributed by atoms with Crippen molar-refractivity contribution in [2.75, 3.05) is 29.9 Å². The molecule has 0 aromatic heterocycles. The highest BCUT2D eigenvalue weighted by molar-refractivity contribution is 6.03. The first kappa shape index (κ1) is 11.5. The number of fused-ring (bicyclic) bond motifs is 1. The molecule has 0 spiro atoms. The largest absolute Gasteiger partial charge is 0.363 e. The molecular formula is C13H13FN2O. The van der Waals surface area contributed by atoms with Crippen molar-refractivity contribution < 1.29 is 9.18 Å². The van der Waals surface area contributed by atoms with Gasteiger partial charge in [0.2, 0.25) is 5.91 Å². The van der Waals surface area contributed by atoms with Gasteiger partial charge in [-0.2, -0.15) is 0 Å². The molecule has 1 heterocycles. The number of terminal acetylenes is 1. The summed E-state index contributed by atoms with van der Waals surface area (Å²) in [7, 11) is 1.76. The highest BCUT2D eigenvalue weighted by Gasteiger charge is 2.27. The molecule has 1 aliphatic rings. The zero-order valence-electron chi connectivity index (χ0n) is 9.83. The van der Waals surface area contributed by atoms with E-state index in [1.54, 1.807) is 24.9 Å². The van der Waals surface area contributed by atoms with Crippen molar-refractivity contribution >= 4 is 17.3 Å². The summed E-state index contributed by atoms with van der Waals surface area (Å²) in [5.41, 5.74) is 1.89. The Hall–Kier alpha value is -2.02. The molecule has 4 heteroatoms. The first-order chi connectivity index (χ1) is 8.04. The van der Waals surface area contributed by atoms with E-state index in [0.717, 1.165) is 0 Å². The number of halogens is 1. The van der Waals surface area contributed by atoms with Crippen LogP contribution in [0.4, 0.5) is 15.8 Å². The monoisotopic (exact) mass is 232 g/mol. The van der Waals surface area contributed by atoms with E-state index in [4.69, 9.17) is 6.42 Å². The number of benzene rings is 1. The Kier molecular flexibility index (Phi) is 2.76. The van der Waals surface area contributed by atoms with E-state index in [1.165, 1.54) is 11.0 Å². The third-order valence-corrected chi connectivity index (χ3v) is 2.88. The third kappa shape index (κ3) is 1.84. The van der Waals surface area contributed by atoms with Crippen molar-refractivity contribution in [1.29, 1.82) is 0 Å². The lowest BCUT2D eigenvalue weighted by atomic mass is 10.1. The van der Waals surface area contributed by atoms with Crippen molar-refractivity contribution in [2.24, 2.45) is 0 Å². The first-order valence-electron chi connectivity index (χ1n) is 5.29. The molecule has 1 aromatic rings. The molecule has 0 bridgehead atoms. The van der Waals surface area contributed by atoms with Gasteiger partial charge in [0.1, 0.15) is 5.82 Å². The lowest BCUT2D eigenvalue weighted by molar-refractivity contribution is -0.117. The van der Waals surface area contributed by atoms with Crippen LogP contribution >= 0.6 is 0 Å². The van der Waals surface area contributed by atoms with Crippen LogP contribution in [0.3, 0.4) is 0 Å². The maximum absolute atomic E-state index is 13.5. The second kappa shape index (κ2) is 4.10. The smallest absolute Gasteiger partial charge is 0.247 e. The summed E-state index contributed by atoms with van der Waals surface area (Å²) in [5.74, 6) is 2.11. The van der Waals surface area contributed by atoms with Gasteiger partial charge < -0.3 is 4.90 Å². The minimum Gasteiger partial charge on any atom is -0.363 e. The summed E-state index contributed by atoms with van der Waals surface area (Å²) in [5, 5.41) is 0. The van der Waals surface area contributed by atoms with E-state index in [0.29, 0.717) is 16.9 Å². The van der Waals surface area contributed by atoms with E-state index >= 15 is 0 Å². The molecule has 1 aliphatic heterocycles. The molecule has 0 atom stereocenters. The normalized spacial score (nSPS) is 14.6. The van der Waals surface area contributed by atoms with Gasteiger partial charge in [0.25, 0.3) is 0 Å². The van der Waals surface area contributed by atoms with Gasteiger partial charge in [-0.05, 0) is 24.6 Å². The maximum atomic E-state index is 13.5. The second-order valence-electron chi connectivity index (χ2n) is 4.13. The molecule has 0 aliphatic carbocycles. The van der Waals surface area contributed by atoms with Crippen molar-refractivity contribution in [3.63, 3.8) is 0 Å². The standard InChI is InChI=1S/C13H13FN2O/c1-4-5-16-12-6-9(2)10(14)7-11(12)15(3)8-13(16)17/h1,6-7H,5,8H2,2-3H3. The number of hydrogen-bond donors (Lipinski definition) is 0. The van der Waals surface area contributed by atoms with E-state index in [2.05, 4.69) is 5.92 Å². The molecule has 3 nitrogen and oxygen atoms in total. The fraction of sp³-hybridized carbons (Fsp3) is 0.308. The maximum Gasteiger partial charge on any atom is 0.247 e. The zero-order valence-corrected chi connectivity index (χ0v) is 9.83. The molecule has 88 valence electrons. The van der Waals surface area contributed by atoms with Crippen molar-refractivity contribution in [1.82, 2.24) is 0 Å². The third-order valence-electron chi connectivity index (χ3n) is 2.88. The predicted octanol–water partition coefficient (Wildman–Crippen LogP) is 1.55. The summed E-state index contributed by atoms with van der Waals surface area (Å²) >= 11 is 0. The topological polar surface area (TPSA) is 23.6 Å². The second-order valence-corrected chi connectivity index (χ2v) is 4.13. The van der Waals surface area contributed by atoms with Crippen molar-refractivity contribution in [3.05, 3.63) is 23.5 Å². The quantitative estimate of drug-likeness (QED) is 0.686. The fourth-order valence-electron chi connectivity index (χ4n) is 1.95. The zero-order chi connectivity index (χ0) is 12.6. The Balaban J connectivity index is 2.57. The van der Waals surface area contributed by atoms with Crippen LogP contribution in [-0.4, -0.2) is 26.0 Å². The van der Waals surface area contributed by atoms with E-state index in [1.807, 2.05) is 0 Å². The van der Waals surface area contributed by atoms with E-state index < -0.39 is 0 Å². The van der Waals surface area contributed by atoms with Gasteiger partial charge in [-0.15, -0.1) is 6.42 Å². The molecule has 0 fully saturated rings. The fourth-order valence-corrected chi connectivity index (χ4v) is 1.95. The molecule has 0 saturated heterocycles. The van der Waals surface area contributed by atoms with Gasteiger partial charge in [-0.25, -0.2) is 4.39 Å². The molecule has 1 amide bonds. The number of carbonyl (C=O) groups is 1. The molecule has 0 radical (unpaired) electrons. The van der Waals surface area contributed by atoms with Crippen LogP contribution in [0.5, 0.6) is 0 Å². The van der Waals surface area contributed by atoms with Crippen LogP contribution < -0.4 is 9.80 Å². The van der Waals surface area contributed by atoms with E-state index in [9.17, 15) is 9.18 Å². The lowest BCUT2D eigenvalue weighted by Crippen LogP contribution is -2.44. The van der Waals surface area contributed by atoms with Crippen LogP contribution in [0.15, 0.2) is 12.1 Å². The minimum atomic E-state index is -0.273. The molecule has 17 heavy (non-hydrogen) atoms. The highest BCUT2D eigenvalue weighted by Crippen LogP contribution is 2.34. The molecule has 0 N–H and O–H groups in total. The number of hydrogen-bond acceptors (Lipinski definition) is 2. The summed E-state index contributed by atoms with van der Waals surface area (Å²) in [6, 6.07) is 3.11. The summed E-state index contributed by atoms with van der Waals surface area (Å²) in [4.78, 5) is 15.1. The van der Waals surface area contributed by atoms with Crippen molar-refractivity contribution in [2.45, 2.75) is 6.92 Å². The van der Waals surface area contributed by atoms with E-state index in [-0.39, 0.29) is 24.8 Å². The number of likely N-dealkylation sites (N-methyl/N-ethyl adjacent to an activating group) is 1. The van der Waals surface area contributed by atoms with Gasteiger partial charge in [0, 0.05) is 7.05 Å². The Morgan fingerprint density at radius 3 is 2.82 bits per heavy atom. The number of nitrogens with zero attached hydrogens (tertiary/aromatic N) is 2. The van der Waals surface area contributed by atoms with Crippen LogP contribution in [0, 0.1) is 25.1 Å². The van der Waals surface area contributed by atoms with Crippen LogP contribution in [0.2, 0.25) is 0 Å². The van der Waals surface area contributed by atoms with Gasteiger partial charge in [-0.1, -0.05) is 5.92 Å². The number of rotatable bonds is 1. The highest BCUT2D eigenvalue weighted by atomic mass is 19.1. The van der Waals surface area contributed by atoms with Crippen LogP contribution in [0.25, 0.3) is 0 Å². The predicted molar refractivity (Wildman–Crippen MR) is 65.6 cm³/mol. The number of carbonyl (C=O) groups excluding carboxylic acids is 1. The summed E-state index contributed by atoms with van der Waals surface area (Å²) in [6.07, 6.45) is 5.25. The van der Waals surface area contributed by atoms with Gasteiger partial charge in [0.05, 0.1) is 24.5 Å². The summed E-state index contributed by atoms with van der Waals surface area (Å²) in [6.45, 7) is 2.10. The Morgan fingerprint density at radius 2 is 2.18 bits per heavy atom.